The third-order valence-corrected chi connectivity index (χ3v) is 5.46. The Kier molecular flexibility index (Phi) is 6.61. The molecule has 0 radical (unpaired) electrons. The number of nitrogens with one attached hydrogen (secondary N) is 1. The van der Waals surface area contributed by atoms with Gasteiger partial charge in [0.15, 0.2) is 0 Å². The average molecular weight is 400 g/mol. The van der Waals surface area contributed by atoms with E-state index in [4.69, 9.17) is 0 Å². The van der Waals surface area contributed by atoms with Gasteiger partial charge in [-0.1, -0.05) is 30.3 Å². The number of carbonyl (C=O) groups excluding carboxylic acids is 2. The molecule has 0 saturated carbocycles. The second-order valence-electron chi connectivity index (χ2n) is 7.49. The van der Waals surface area contributed by atoms with Gasteiger partial charge >= 0.3 is 0 Å². The van der Waals surface area contributed by atoms with Crippen molar-refractivity contribution >= 4 is 11.8 Å². The fourth-order valence-electron chi connectivity index (χ4n) is 3.71. The molecule has 7 heteroatoms. The molecule has 154 valence electrons. The topological polar surface area (TPSA) is 89.9 Å². The molecule has 0 aliphatic carbocycles. The van der Waals surface area contributed by atoms with Gasteiger partial charge in [0.1, 0.15) is 5.82 Å². The monoisotopic (exact) mass is 400 g/mol. The van der Waals surface area contributed by atoms with Gasteiger partial charge in [-0.15, -0.1) is 0 Å². The number of benzene rings is 2. The summed E-state index contributed by atoms with van der Waals surface area (Å²) in [6, 6.07) is 14.5. The first-order valence-corrected chi connectivity index (χ1v) is 9.58. The molecule has 2 amide bonds. The summed E-state index contributed by atoms with van der Waals surface area (Å²) in [7, 11) is 0. The number of hydrogen-bond donors (Lipinski definition) is 3. The van der Waals surface area contributed by atoms with Crippen LogP contribution in [-0.4, -0.2) is 59.3 Å². The molecule has 0 spiro atoms. The van der Waals surface area contributed by atoms with Crippen LogP contribution in [0.15, 0.2) is 54.6 Å². The minimum atomic E-state index is -0.935. The molecular weight excluding hydrogens is 375 g/mol. The Morgan fingerprint density at radius 2 is 1.83 bits per heavy atom. The predicted molar refractivity (Wildman–Crippen MR) is 106 cm³/mol. The molecule has 2 aromatic rings. The highest BCUT2D eigenvalue weighted by molar-refractivity contribution is 5.96. The van der Waals surface area contributed by atoms with Crippen LogP contribution < -0.4 is 5.32 Å². The number of piperidine rings is 1. The molecule has 1 fully saturated rings. The van der Waals surface area contributed by atoms with Crippen LogP contribution >= 0.6 is 0 Å². The molecule has 0 unspecified atom stereocenters. The number of nitrogens with zero attached hydrogens (tertiary/aromatic N) is 1. The Balaban J connectivity index is 1.64. The van der Waals surface area contributed by atoms with Crippen molar-refractivity contribution in [1.29, 1.82) is 0 Å². The predicted octanol–water partition coefficient (Wildman–Crippen LogP) is 1.37. The van der Waals surface area contributed by atoms with Crippen molar-refractivity contribution in [3.8, 4) is 0 Å². The Bertz CT molecular complexity index is 844. The van der Waals surface area contributed by atoms with Gasteiger partial charge in [-0.05, 0) is 42.7 Å². The zero-order valence-electron chi connectivity index (χ0n) is 16.1. The first kappa shape index (κ1) is 21.0. The van der Waals surface area contributed by atoms with Crippen molar-refractivity contribution in [3.05, 3.63) is 71.5 Å². The maximum absolute atomic E-state index is 13.2. The number of aliphatic hydroxyl groups is 2. The van der Waals surface area contributed by atoms with Gasteiger partial charge in [-0.2, -0.15) is 0 Å². The molecule has 3 N–H and O–H groups in total. The van der Waals surface area contributed by atoms with Gasteiger partial charge in [-0.3, -0.25) is 9.59 Å². The van der Waals surface area contributed by atoms with E-state index in [0.717, 1.165) is 5.56 Å². The number of rotatable bonds is 6. The normalized spacial score (nSPS) is 21.6. The second-order valence-corrected chi connectivity index (χ2v) is 7.49. The molecule has 6 nitrogen and oxygen atoms in total. The summed E-state index contributed by atoms with van der Waals surface area (Å²) in [4.78, 5) is 26.3. The maximum atomic E-state index is 13.2. The molecule has 0 aromatic heterocycles. The van der Waals surface area contributed by atoms with Gasteiger partial charge in [0.25, 0.3) is 5.91 Å². The van der Waals surface area contributed by atoms with Crippen LogP contribution in [0.25, 0.3) is 0 Å². The molecule has 2 aromatic carbocycles. The van der Waals surface area contributed by atoms with E-state index >= 15 is 0 Å². The fraction of sp³-hybridized carbons (Fsp3) is 0.364. The number of likely N-dealkylation sites (tertiary alicyclic amines) is 1. The summed E-state index contributed by atoms with van der Waals surface area (Å²) in [5.41, 5.74) is 0.302. The molecule has 1 heterocycles. The fourth-order valence-corrected chi connectivity index (χ4v) is 3.71. The highest BCUT2D eigenvalue weighted by Crippen LogP contribution is 2.34. The largest absolute Gasteiger partial charge is 0.396 e. The lowest BCUT2D eigenvalue weighted by Gasteiger charge is -2.45. The van der Waals surface area contributed by atoms with Crippen LogP contribution in [0.2, 0.25) is 0 Å². The van der Waals surface area contributed by atoms with Gasteiger partial charge in [0, 0.05) is 24.1 Å². The third-order valence-electron chi connectivity index (χ3n) is 5.46. The summed E-state index contributed by atoms with van der Waals surface area (Å²) in [5.74, 6) is -0.976. The Labute approximate surface area is 169 Å². The van der Waals surface area contributed by atoms with Crippen molar-refractivity contribution in [1.82, 2.24) is 10.2 Å². The Hall–Kier alpha value is -2.77. The van der Waals surface area contributed by atoms with E-state index in [1.54, 1.807) is 47.4 Å². The summed E-state index contributed by atoms with van der Waals surface area (Å²) < 4.78 is 13.2. The van der Waals surface area contributed by atoms with Crippen LogP contribution in [0.4, 0.5) is 4.39 Å². The average Bonchev–Trinajstić information content (AvgIpc) is 2.75. The molecular formula is C22H25FN2O4. The lowest BCUT2D eigenvalue weighted by molar-refractivity contribution is -0.140. The number of hydrogen-bond acceptors (Lipinski definition) is 4. The zero-order chi connectivity index (χ0) is 20.9. The highest BCUT2D eigenvalue weighted by atomic mass is 19.1. The van der Waals surface area contributed by atoms with Crippen molar-refractivity contribution in [2.24, 2.45) is 5.41 Å². The maximum Gasteiger partial charge on any atom is 0.251 e. The van der Waals surface area contributed by atoms with Crippen molar-refractivity contribution in [2.75, 3.05) is 26.2 Å². The summed E-state index contributed by atoms with van der Waals surface area (Å²) in [6.45, 7) is 0.0159. The molecule has 3 rings (SSSR count). The summed E-state index contributed by atoms with van der Waals surface area (Å²) in [6.07, 6.45) is -0.161. The van der Waals surface area contributed by atoms with Crippen molar-refractivity contribution in [3.63, 3.8) is 0 Å². The van der Waals surface area contributed by atoms with E-state index in [9.17, 15) is 24.2 Å². The van der Waals surface area contributed by atoms with Crippen LogP contribution in [-0.2, 0) is 11.2 Å². The van der Waals surface area contributed by atoms with Crippen LogP contribution in [0.3, 0.4) is 0 Å². The van der Waals surface area contributed by atoms with Crippen LogP contribution in [0, 0.1) is 11.2 Å². The van der Waals surface area contributed by atoms with Gasteiger partial charge in [0.2, 0.25) is 5.91 Å². The van der Waals surface area contributed by atoms with E-state index in [-0.39, 0.29) is 37.3 Å². The highest BCUT2D eigenvalue weighted by Gasteiger charge is 2.43. The third kappa shape index (κ3) is 4.99. The lowest BCUT2D eigenvalue weighted by atomic mass is 9.73. The first-order chi connectivity index (χ1) is 13.9. The summed E-state index contributed by atoms with van der Waals surface area (Å²) >= 11 is 0. The van der Waals surface area contributed by atoms with Gasteiger partial charge in [0.05, 0.1) is 19.3 Å². The number of amides is 2. The minimum absolute atomic E-state index is 0.155. The standard InChI is InChI=1S/C22H25FN2O4/c23-18-8-6-16(7-9-18)12-22(15-26)14-25(11-10-19(22)27)20(28)13-24-21(29)17-4-2-1-3-5-17/h1-9,19,26-27H,10-15H2,(H,24,29)/t19-,22-/m0/s1. The molecule has 0 bridgehead atoms. The zero-order valence-corrected chi connectivity index (χ0v) is 16.1. The smallest absolute Gasteiger partial charge is 0.251 e. The molecule has 1 aliphatic rings. The first-order valence-electron chi connectivity index (χ1n) is 9.58. The van der Waals surface area contributed by atoms with Gasteiger partial charge < -0.3 is 20.4 Å². The van der Waals surface area contributed by atoms with E-state index in [1.807, 2.05) is 0 Å². The van der Waals surface area contributed by atoms with E-state index in [0.29, 0.717) is 24.9 Å². The number of aliphatic hydroxyl groups excluding tert-OH is 2. The molecule has 2 atom stereocenters. The quantitative estimate of drug-likeness (QED) is 0.683. The van der Waals surface area contributed by atoms with E-state index < -0.39 is 11.5 Å². The van der Waals surface area contributed by atoms with Crippen molar-refractivity contribution in [2.45, 2.75) is 18.9 Å². The number of halogens is 1. The molecule has 1 aliphatic heterocycles. The second kappa shape index (κ2) is 9.15. The minimum Gasteiger partial charge on any atom is -0.396 e. The number of carbonyl (C=O) groups is 2. The molecule has 29 heavy (non-hydrogen) atoms. The summed E-state index contributed by atoms with van der Waals surface area (Å²) in [5, 5.41) is 23.2. The van der Waals surface area contributed by atoms with Crippen LogP contribution in [0.5, 0.6) is 0 Å². The van der Waals surface area contributed by atoms with Gasteiger partial charge in [-0.25, -0.2) is 4.39 Å². The Morgan fingerprint density at radius 1 is 1.14 bits per heavy atom. The van der Waals surface area contributed by atoms with Crippen molar-refractivity contribution < 1.29 is 24.2 Å². The molecule has 1 saturated heterocycles. The van der Waals surface area contributed by atoms with Crippen LogP contribution in [0.1, 0.15) is 22.3 Å². The Morgan fingerprint density at radius 3 is 2.48 bits per heavy atom. The van der Waals surface area contributed by atoms with E-state index in [2.05, 4.69) is 5.32 Å². The van der Waals surface area contributed by atoms with E-state index in [1.165, 1.54) is 12.1 Å². The SMILES string of the molecule is O=C(NCC(=O)N1CC[C@H](O)[C@@](CO)(Cc2ccc(F)cc2)C1)c1ccccc1. The lowest BCUT2D eigenvalue weighted by Crippen LogP contribution is -2.57.